The van der Waals surface area contributed by atoms with E-state index in [1.54, 1.807) is 7.11 Å². The summed E-state index contributed by atoms with van der Waals surface area (Å²) in [7, 11) is 1.66. The predicted octanol–water partition coefficient (Wildman–Crippen LogP) is 3.14. The van der Waals surface area contributed by atoms with E-state index < -0.39 is 0 Å². The van der Waals surface area contributed by atoms with E-state index in [1.165, 1.54) is 25.7 Å². The fourth-order valence-electron chi connectivity index (χ4n) is 2.66. The van der Waals surface area contributed by atoms with E-state index in [9.17, 15) is 0 Å². The molecule has 1 aliphatic carbocycles. The molecule has 2 rings (SSSR count). The van der Waals surface area contributed by atoms with Gasteiger partial charge < -0.3 is 14.6 Å². The molecule has 0 saturated heterocycles. The average molecular weight is 288 g/mol. The summed E-state index contributed by atoms with van der Waals surface area (Å²) in [6.45, 7) is 1.49. The van der Waals surface area contributed by atoms with Gasteiger partial charge in [-0.15, -0.1) is 0 Å². The summed E-state index contributed by atoms with van der Waals surface area (Å²) in [6, 6.07) is 5.85. The van der Waals surface area contributed by atoms with E-state index in [4.69, 9.17) is 14.6 Å². The number of hydrogen-bond acceptors (Lipinski definition) is 3. The molecule has 0 spiro atoms. The molecule has 0 amide bonds. The van der Waals surface area contributed by atoms with Crippen molar-refractivity contribution in [3.63, 3.8) is 0 Å². The van der Waals surface area contributed by atoms with Gasteiger partial charge in [-0.2, -0.15) is 0 Å². The SMILES string of the molecule is COc1ccc(C#CCCO)c(COCC2CCCC2)c1. The third-order valence-corrected chi connectivity index (χ3v) is 3.86. The van der Waals surface area contributed by atoms with Crippen molar-refractivity contribution in [1.29, 1.82) is 0 Å². The highest BCUT2D eigenvalue weighted by Crippen LogP contribution is 2.25. The molecule has 114 valence electrons. The first-order valence-electron chi connectivity index (χ1n) is 7.68. The lowest BCUT2D eigenvalue weighted by Crippen LogP contribution is -2.06. The van der Waals surface area contributed by atoms with Crippen molar-refractivity contribution in [3.8, 4) is 17.6 Å². The summed E-state index contributed by atoms with van der Waals surface area (Å²) < 4.78 is 11.1. The second-order valence-corrected chi connectivity index (χ2v) is 5.46. The minimum absolute atomic E-state index is 0.0939. The maximum Gasteiger partial charge on any atom is 0.119 e. The number of aliphatic hydroxyl groups excluding tert-OH is 1. The van der Waals surface area contributed by atoms with Crippen molar-refractivity contribution in [1.82, 2.24) is 0 Å². The number of methoxy groups -OCH3 is 1. The van der Waals surface area contributed by atoms with Crippen LogP contribution in [-0.2, 0) is 11.3 Å². The molecule has 0 radical (unpaired) electrons. The zero-order chi connectivity index (χ0) is 14.9. The van der Waals surface area contributed by atoms with Crippen LogP contribution in [0, 0.1) is 17.8 Å². The molecule has 0 aliphatic heterocycles. The fourth-order valence-corrected chi connectivity index (χ4v) is 2.66. The zero-order valence-electron chi connectivity index (χ0n) is 12.7. The minimum Gasteiger partial charge on any atom is -0.497 e. The molecule has 0 heterocycles. The van der Waals surface area contributed by atoms with E-state index in [0.29, 0.717) is 13.0 Å². The van der Waals surface area contributed by atoms with Gasteiger partial charge in [-0.3, -0.25) is 0 Å². The van der Waals surface area contributed by atoms with Crippen LogP contribution in [0.1, 0.15) is 43.2 Å². The molecule has 1 aliphatic rings. The van der Waals surface area contributed by atoms with Crippen molar-refractivity contribution in [2.75, 3.05) is 20.3 Å². The van der Waals surface area contributed by atoms with E-state index in [-0.39, 0.29) is 6.61 Å². The Bertz CT molecular complexity index is 493. The predicted molar refractivity (Wildman–Crippen MR) is 83.2 cm³/mol. The zero-order valence-corrected chi connectivity index (χ0v) is 12.7. The second kappa shape index (κ2) is 8.71. The molecular weight excluding hydrogens is 264 g/mol. The fraction of sp³-hybridized carbons (Fsp3) is 0.556. The van der Waals surface area contributed by atoms with Crippen LogP contribution in [0.3, 0.4) is 0 Å². The topological polar surface area (TPSA) is 38.7 Å². The van der Waals surface area contributed by atoms with Crippen LogP contribution in [0.25, 0.3) is 0 Å². The first-order chi connectivity index (χ1) is 10.3. The summed E-state index contributed by atoms with van der Waals surface area (Å²) in [6.07, 6.45) is 5.76. The number of rotatable bonds is 6. The quantitative estimate of drug-likeness (QED) is 0.817. The molecule has 3 heteroatoms. The first kappa shape index (κ1) is 15.9. The van der Waals surface area contributed by atoms with Gasteiger partial charge in [0.1, 0.15) is 5.75 Å². The second-order valence-electron chi connectivity index (χ2n) is 5.46. The first-order valence-corrected chi connectivity index (χ1v) is 7.68. The van der Waals surface area contributed by atoms with E-state index in [0.717, 1.165) is 29.4 Å². The maximum absolute atomic E-state index is 8.81. The monoisotopic (exact) mass is 288 g/mol. The summed E-state index contributed by atoms with van der Waals surface area (Å²) in [5.74, 6) is 7.61. The number of hydrogen-bond donors (Lipinski definition) is 1. The van der Waals surface area contributed by atoms with Crippen LogP contribution in [0.5, 0.6) is 5.75 Å². The molecular formula is C18H24O3. The molecule has 0 bridgehead atoms. The Morgan fingerprint density at radius 2 is 2.10 bits per heavy atom. The number of aliphatic hydroxyl groups is 1. The Labute approximate surface area is 127 Å². The minimum atomic E-state index is 0.0939. The van der Waals surface area contributed by atoms with Gasteiger partial charge in [-0.25, -0.2) is 0 Å². The van der Waals surface area contributed by atoms with Gasteiger partial charge in [-0.05, 0) is 42.5 Å². The van der Waals surface area contributed by atoms with Gasteiger partial charge in [0.2, 0.25) is 0 Å². The molecule has 0 atom stereocenters. The normalized spacial score (nSPS) is 14.8. The van der Waals surface area contributed by atoms with E-state index in [2.05, 4.69) is 11.8 Å². The summed E-state index contributed by atoms with van der Waals surface area (Å²) >= 11 is 0. The molecule has 1 aromatic rings. The molecule has 3 nitrogen and oxygen atoms in total. The van der Waals surface area contributed by atoms with Gasteiger partial charge in [0, 0.05) is 18.6 Å². The lowest BCUT2D eigenvalue weighted by Gasteiger charge is -2.12. The van der Waals surface area contributed by atoms with E-state index >= 15 is 0 Å². The molecule has 1 N–H and O–H groups in total. The number of ether oxygens (including phenoxy) is 2. The van der Waals surface area contributed by atoms with Crippen molar-refractivity contribution >= 4 is 0 Å². The highest BCUT2D eigenvalue weighted by Gasteiger charge is 2.15. The molecule has 1 fully saturated rings. The standard InChI is InChI=1S/C18H24O3/c1-20-18-10-9-16(8-4-5-11-19)17(12-18)14-21-13-15-6-2-3-7-15/h9-10,12,15,19H,2-3,5-7,11,13-14H2,1H3. The van der Waals surface area contributed by atoms with Gasteiger partial charge >= 0.3 is 0 Å². The van der Waals surface area contributed by atoms with Gasteiger partial charge in [-0.1, -0.05) is 24.7 Å². The van der Waals surface area contributed by atoms with Crippen LogP contribution < -0.4 is 4.74 Å². The molecule has 21 heavy (non-hydrogen) atoms. The molecule has 0 unspecified atom stereocenters. The van der Waals surface area contributed by atoms with Crippen molar-refractivity contribution in [2.24, 2.45) is 5.92 Å². The summed E-state index contributed by atoms with van der Waals surface area (Å²) in [4.78, 5) is 0. The van der Waals surface area contributed by atoms with Crippen molar-refractivity contribution < 1.29 is 14.6 Å². The lowest BCUT2D eigenvalue weighted by atomic mass is 10.1. The van der Waals surface area contributed by atoms with Crippen LogP contribution in [-0.4, -0.2) is 25.4 Å². The van der Waals surface area contributed by atoms with Crippen LogP contribution >= 0.6 is 0 Å². The lowest BCUT2D eigenvalue weighted by molar-refractivity contribution is 0.0886. The molecule has 0 aromatic heterocycles. The summed E-state index contributed by atoms with van der Waals surface area (Å²) in [5.41, 5.74) is 2.01. The highest BCUT2D eigenvalue weighted by atomic mass is 16.5. The van der Waals surface area contributed by atoms with Gasteiger partial charge in [0.05, 0.1) is 20.3 Å². The maximum atomic E-state index is 8.81. The van der Waals surface area contributed by atoms with Crippen LogP contribution in [0.4, 0.5) is 0 Å². The van der Waals surface area contributed by atoms with Gasteiger partial charge in [0.15, 0.2) is 0 Å². The Kier molecular flexibility index (Phi) is 6.59. The third kappa shape index (κ3) is 5.08. The highest BCUT2D eigenvalue weighted by molar-refractivity contribution is 5.45. The summed E-state index contributed by atoms with van der Waals surface area (Å²) in [5, 5.41) is 8.81. The largest absolute Gasteiger partial charge is 0.497 e. The third-order valence-electron chi connectivity index (χ3n) is 3.86. The Morgan fingerprint density at radius 3 is 2.81 bits per heavy atom. The Hall–Kier alpha value is -1.50. The van der Waals surface area contributed by atoms with Crippen LogP contribution in [0.2, 0.25) is 0 Å². The molecule has 1 saturated carbocycles. The Morgan fingerprint density at radius 1 is 1.29 bits per heavy atom. The average Bonchev–Trinajstić information content (AvgIpc) is 3.02. The van der Waals surface area contributed by atoms with Crippen molar-refractivity contribution in [3.05, 3.63) is 29.3 Å². The van der Waals surface area contributed by atoms with Crippen molar-refractivity contribution in [2.45, 2.75) is 38.7 Å². The number of benzene rings is 1. The van der Waals surface area contributed by atoms with Crippen LogP contribution in [0.15, 0.2) is 18.2 Å². The molecule has 1 aromatic carbocycles. The smallest absolute Gasteiger partial charge is 0.119 e. The van der Waals surface area contributed by atoms with Gasteiger partial charge in [0.25, 0.3) is 0 Å². The Balaban J connectivity index is 1.98. The van der Waals surface area contributed by atoms with E-state index in [1.807, 2.05) is 18.2 Å².